The van der Waals surface area contributed by atoms with E-state index in [4.69, 9.17) is 4.74 Å². The van der Waals surface area contributed by atoms with Crippen LogP contribution in [0.2, 0.25) is 0 Å². The van der Waals surface area contributed by atoms with Gasteiger partial charge in [0.2, 0.25) is 9.84 Å². The normalized spacial score (nSPS) is 11.7. The van der Waals surface area contributed by atoms with Crippen LogP contribution in [0.3, 0.4) is 0 Å². The van der Waals surface area contributed by atoms with Gasteiger partial charge in [0, 0.05) is 18.5 Å². The van der Waals surface area contributed by atoms with Crippen LogP contribution in [0.15, 0.2) is 88.7 Å². The molecule has 7 heteroatoms. The maximum Gasteiger partial charge on any atom is 0.410 e. The Morgan fingerprint density at radius 2 is 1.55 bits per heavy atom. The van der Waals surface area contributed by atoms with Crippen molar-refractivity contribution in [3.63, 3.8) is 0 Å². The minimum absolute atomic E-state index is 0.0323. The first-order valence-corrected chi connectivity index (χ1v) is 12.2. The minimum Gasteiger partial charge on any atom is -0.508 e. The highest BCUT2D eigenvalue weighted by Crippen LogP contribution is 2.24. The third kappa shape index (κ3) is 6.35. The van der Waals surface area contributed by atoms with Gasteiger partial charge in [-0.15, -0.1) is 0 Å². The van der Waals surface area contributed by atoms with Crippen molar-refractivity contribution in [2.24, 2.45) is 0 Å². The molecule has 1 amide bonds. The molecule has 0 saturated heterocycles. The summed E-state index contributed by atoms with van der Waals surface area (Å²) in [5.74, 6) is -0.105. The van der Waals surface area contributed by atoms with Gasteiger partial charge in [0.1, 0.15) is 5.75 Å². The Balaban J connectivity index is 1.61. The number of carbonyl (C=O) groups excluding carboxylic acids is 1. The molecule has 3 rings (SSSR count). The second kappa shape index (κ2) is 10.1. The van der Waals surface area contributed by atoms with E-state index in [2.05, 4.69) is 0 Å². The van der Waals surface area contributed by atoms with Crippen LogP contribution >= 0.6 is 0 Å². The predicted molar refractivity (Wildman–Crippen MR) is 127 cm³/mol. The van der Waals surface area contributed by atoms with Gasteiger partial charge in [-0.3, -0.25) is 4.90 Å². The van der Waals surface area contributed by atoms with Crippen LogP contribution in [0.4, 0.5) is 4.79 Å². The molecule has 0 aliphatic carbocycles. The molecular weight excluding hydrogens is 438 g/mol. The second-order valence-electron chi connectivity index (χ2n) is 8.75. The number of amides is 1. The Hall–Kier alpha value is -3.32. The van der Waals surface area contributed by atoms with Gasteiger partial charge in [0.25, 0.3) is 0 Å². The van der Waals surface area contributed by atoms with E-state index in [0.717, 1.165) is 11.1 Å². The quantitative estimate of drug-likeness (QED) is 0.516. The Morgan fingerprint density at radius 3 is 2.15 bits per heavy atom. The minimum atomic E-state index is -3.72. The lowest BCUT2D eigenvalue weighted by Gasteiger charge is -2.34. The van der Waals surface area contributed by atoms with Crippen LogP contribution in [0.5, 0.6) is 5.75 Å². The first kappa shape index (κ1) is 24.3. The number of ether oxygens (including phenoxy) is 1. The van der Waals surface area contributed by atoms with Crippen molar-refractivity contribution in [3.8, 4) is 5.75 Å². The maximum absolute atomic E-state index is 12.8. The van der Waals surface area contributed by atoms with E-state index in [-0.39, 0.29) is 22.1 Å². The first-order valence-electron chi connectivity index (χ1n) is 10.7. The van der Waals surface area contributed by atoms with E-state index in [1.165, 1.54) is 36.4 Å². The molecule has 0 bridgehead atoms. The molecular formula is C26H29NO5S. The van der Waals surface area contributed by atoms with Crippen molar-refractivity contribution in [1.82, 2.24) is 4.90 Å². The second-order valence-corrected chi connectivity index (χ2v) is 10.7. The van der Waals surface area contributed by atoms with E-state index < -0.39 is 21.5 Å². The summed E-state index contributed by atoms with van der Waals surface area (Å²) in [6, 6.07) is 21.8. The number of rotatable bonds is 7. The summed E-state index contributed by atoms with van der Waals surface area (Å²) in [5, 5.41) is 9.57. The van der Waals surface area contributed by atoms with Crippen molar-refractivity contribution in [1.29, 1.82) is 0 Å². The summed E-state index contributed by atoms with van der Waals surface area (Å²) in [6.07, 6.45) is 0.0658. The molecule has 0 radical (unpaired) electrons. The number of aromatic hydroxyl groups is 1. The Kier molecular flexibility index (Phi) is 7.43. The molecule has 0 atom stereocenters. The summed E-state index contributed by atoms with van der Waals surface area (Å²) >= 11 is 0. The van der Waals surface area contributed by atoms with Crippen molar-refractivity contribution in [2.45, 2.75) is 49.1 Å². The number of sulfone groups is 1. The van der Waals surface area contributed by atoms with Crippen LogP contribution in [0, 0.1) is 0 Å². The molecule has 6 nitrogen and oxygen atoms in total. The highest BCUT2D eigenvalue weighted by molar-refractivity contribution is 7.91. The van der Waals surface area contributed by atoms with Gasteiger partial charge in [0.05, 0.1) is 16.4 Å². The number of nitrogens with zero attached hydrogens (tertiary/aromatic N) is 1. The van der Waals surface area contributed by atoms with Crippen LogP contribution in [0.25, 0.3) is 0 Å². The Morgan fingerprint density at radius 1 is 0.879 bits per heavy atom. The van der Waals surface area contributed by atoms with Gasteiger partial charge in [-0.2, -0.15) is 0 Å². The van der Waals surface area contributed by atoms with Gasteiger partial charge >= 0.3 is 6.09 Å². The maximum atomic E-state index is 12.8. The fraction of sp³-hybridized carbons (Fsp3) is 0.269. The number of phenolic OH excluding ortho intramolecular Hbond substituents is 1. The standard InChI is InChI=1S/C26H29NO5S/c1-26(2,3)27(19-21-8-5-4-6-9-21)25(29)32-17-16-20-12-14-23(15-13-20)33(30,31)24-11-7-10-22(28)18-24/h4-15,18,28H,16-17,19H2,1-3H3. The molecule has 0 aromatic heterocycles. The topological polar surface area (TPSA) is 83.9 Å². The lowest BCUT2D eigenvalue weighted by atomic mass is 10.1. The molecule has 174 valence electrons. The zero-order chi connectivity index (χ0) is 24.1. The van der Waals surface area contributed by atoms with Gasteiger partial charge in [0.15, 0.2) is 0 Å². The molecule has 0 spiro atoms. The molecule has 0 aliphatic rings. The Bertz CT molecular complexity index is 1180. The largest absolute Gasteiger partial charge is 0.508 e. The predicted octanol–water partition coefficient (Wildman–Crippen LogP) is 5.20. The van der Waals surface area contributed by atoms with Crippen molar-refractivity contribution < 1.29 is 23.1 Å². The molecule has 33 heavy (non-hydrogen) atoms. The molecule has 0 saturated carbocycles. The molecule has 0 aliphatic heterocycles. The number of phenols is 1. The molecule has 0 fully saturated rings. The average molecular weight is 468 g/mol. The van der Waals surface area contributed by atoms with Gasteiger partial charge in [-0.1, -0.05) is 48.5 Å². The first-order chi connectivity index (χ1) is 15.6. The van der Waals surface area contributed by atoms with E-state index in [0.29, 0.717) is 13.0 Å². The van der Waals surface area contributed by atoms with Gasteiger partial charge < -0.3 is 9.84 Å². The van der Waals surface area contributed by atoms with Crippen molar-refractivity contribution >= 4 is 15.9 Å². The summed E-state index contributed by atoms with van der Waals surface area (Å²) in [7, 11) is -3.72. The zero-order valence-electron chi connectivity index (χ0n) is 19.1. The highest BCUT2D eigenvalue weighted by atomic mass is 32.2. The van der Waals surface area contributed by atoms with Crippen LogP contribution in [-0.2, 0) is 27.5 Å². The summed E-state index contributed by atoms with van der Waals surface area (Å²) < 4.78 is 31.0. The van der Waals surface area contributed by atoms with E-state index in [1.807, 2.05) is 51.1 Å². The lowest BCUT2D eigenvalue weighted by Crippen LogP contribution is -2.45. The smallest absolute Gasteiger partial charge is 0.410 e. The molecule has 3 aromatic carbocycles. The van der Waals surface area contributed by atoms with Crippen molar-refractivity contribution in [3.05, 3.63) is 90.0 Å². The third-order valence-corrected chi connectivity index (χ3v) is 6.96. The van der Waals surface area contributed by atoms with Gasteiger partial charge in [-0.25, -0.2) is 13.2 Å². The SMILES string of the molecule is CC(C)(C)N(Cc1ccccc1)C(=O)OCCc1ccc(S(=O)(=O)c2cccc(O)c2)cc1. The molecule has 0 unspecified atom stereocenters. The summed E-state index contributed by atoms with van der Waals surface area (Å²) in [5.41, 5.74) is 1.46. The zero-order valence-corrected chi connectivity index (χ0v) is 19.9. The molecule has 0 heterocycles. The molecule has 3 aromatic rings. The van der Waals surface area contributed by atoms with Crippen LogP contribution in [0.1, 0.15) is 31.9 Å². The van der Waals surface area contributed by atoms with E-state index in [9.17, 15) is 18.3 Å². The molecule has 1 N–H and O–H groups in total. The summed E-state index contributed by atoms with van der Waals surface area (Å²) in [6.45, 7) is 6.51. The fourth-order valence-corrected chi connectivity index (χ4v) is 4.60. The van der Waals surface area contributed by atoms with Gasteiger partial charge in [-0.05, 0) is 62.2 Å². The lowest BCUT2D eigenvalue weighted by molar-refractivity contribution is 0.0644. The number of carbonyl (C=O) groups is 1. The number of benzene rings is 3. The van der Waals surface area contributed by atoms with Crippen LogP contribution in [-0.4, -0.2) is 36.7 Å². The fourth-order valence-electron chi connectivity index (χ4n) is 3.30. The Labute approximate surface area is 195 Å². The number of hydrogen-bond acceptors (Lipinski definition) is 5. The third-order valence-electron chi connectivity index (χ3n) is 5.19. The van der Waals surface area contributed by atoms with Crippen molar-refractivity contribution in [2.75, 3.05) is 6.61 Å². The van der Waals surface area contributed by atoms with E-state index >= 15 is 0 Å². The summed E-state index contributed by atoms with van der Waals surface area (Å²) in [4.78, 5) is 14.6. The van der Waals surface area contributed by atoms with E-state index in [1.54, 1.807) is 17.0 Å². The highest BCUT2D eigenvalue weighted by Gasteiger charge is 2.27. The number of hydrogen-bond donors (Lipinski definition) is 1. The average Bonchev–Trinajstić information content (AvgIpc) is 2.77. The monoisotopic (exact) mass is 467 g/mol. The van der Waals surface area contributed by atoms with Crippen LogP contribution < -0.4 is 0 Å².